The van der Waals surface area contributed by atoms with Crippen LogP contribution in [0.2, 0.25) is 0 Å². The lowest BCUT2D eigenvalue weighted by atomic mass is 10.2. The molecule has 1 amide bonds. The summed E-state index contributed by atoms with van der Waals surface area (Å²) in [5.74, 6) is 0.252. The first-order valence-corrected chi connectivity index (χ1v) is 6.46. The Hall–Kier alpha value is -0.530. The van der Waals surface area contributed by atoms with Crippen molar-refractivity contribution in [1.29, 1.82) is 0 Å². The maximum atomic E-state index is 10.6. The average Bonchev–Trinajstić information content (AvgIpc) is 3.11. The van der Waals surface area contributed by atoms with Gasteiger partial charge in [-0.2, -0.15) is 0 Å². The quantitative estimate of drug-likeness (QED) is 0.744. The number of amides is 1. The molecule has 0 atom stereocenters. The highest BCUT2D eigenvalue weighted by Gasteiger charge is 2.02. The summed E-state index contributed by atoms with van der Waals surface area (Å²) in [4.78, 5) is 10.6. The van der Waals surface area contributed by atoms with Crippen LogP contribution in [0.15, 0.2) is 0 Å². The summed E-state index contributed by atoms with van der Waals surface area (Å²) in [6.45, 7) is 14.4. The third kappa shape index (κ3) is 31.8. The SMILES string of the molecule is C1CC1.CC.CC.CCNC(=O)C(C)C. The fraction of sp³-hybridized carbons (Fsp3) is 0.923. The normalized spacial score (nSPS) is 10.7. The molecule has 2 nitrogen and oxygen atoms in total. The van der Waals surface area contributed by atoms with Crippen molar-refractivity contribution in [2.45, 2.75) is 67.7 Å². The van der Waals surface area contributed by atoms with Crippen molar-refractivity contribution in [3.8, 4) is 0 Å². The van der Waals surface area contributed by atoms with Gasteiger partial charge in [-0.15, -0.1) is 0 Å². The van der Waals surface area contributed by atoms with Crippen LogP contribution in [-0.2, 0) is 4.79 Å². The van der Waals surface area contributed by atoms with Gasteiger partial charge in [-0.1, -0.05) is 60.8 Å². The van der Waals surface area contributed by atoms with Gasteiger partial charge in [0.05, 0.1) is 0 Å². The van der Waals surface area contributed by atoms with Gasteiger partial charge in [-0.3, -0.25) is 4.79 Å². The van der Waals surface area contributed by atoms with Gasteiger partial charge in [0.25, 0.3) is 0 Å². The zero-order valence-corrected chi connectivity index (χ0v) is 11.8. The van der Waals surface area contributed by atoms with E-state index < -0.39 is 0 Å². The summed E-state index contributed by atoms with van der Waals surface area (Å²) in [5, 5.41) is 2.71. The van der Waals surface area contributed by atoms with Crippen molar-refractivity contribution in [3.05, 3.63) is 0 Å². The van der Waals surface area contributed by atoms with Crippen molar-refractivity contribution in [1.82, 2.24) is 5.32 Å². The molecule has 0 aromatic carbocycles. The van der Waals surface area contributed by atoms with E-state index in [0.717, 1.165) is 6.54 Å². The van der Waals surface area contributed by atoms with E-state index in [1.807, 2.05) is 48.5 Å². The van der Waals surface area contributed by atoms with Crippen LogP contribution >= 0.6 is 0 Å². The van der Waals surface area contributed by atoms with Crippen molar-refractivity contribution < 1.29 is 4.79 Å². The maximum absolute atomic E-state index is 10.6. The molecule has 1 saturated carbocycles. The molecule has 0 heterocycles. The second-order valence-electron chi connectivity index (χ2n) is 3.11. The average molecular weight is 217 g/mol. The van der Waals surface area contributed by atoms with Gasteiger partial charge in [0.1, 0.15) is 0 Å². The molecule has 1 aliphatic rings. The Morgan fingerprint density at radius 2 is 1.40 bits per heavy atom. The van der Waals surface area contributed by atoms with Crippen LogP contribution in [0.5, 0.6) is 0 Å². The Kier molecular flexibility index (Phi) is 25.4. The molecule has 1 fully saturated rings. The zero-order valence-electron chi connectivity index (χ0n) is 11.8. The predicted molar refractivity (Wildman–Crippen MR) is 70.1 cm³/mol. The van der Waals surface area contributed by atoms with E-state index in [0.29, 0.717) is 0 Å². The minimum absolute atomic E-state index is 0.120. The Balaban J connectivity index is -0.000000168. The Bertz CT molecular complexity index is 106. The van der Waals surface area contributed by atoms with Crippen LogP contribution in [-0.4, -0.2) is 12.5 Å². The summed E-state index contributed by atoms with van der Waals surface area (Å²) in [6.07, 6.45) is 4.50. The minimum Gasteiger partial charge on any atom is -0.356 e. The number of carbonyl (C=O) groups is 1. The lowest BCUT2D eigenvalue weighted by Crippen LogP contribution is -2.26. The van der Waals surface area contributed by atoms with Crippen molar-refractivity contribution in [2.24, 2.45) is 5.92 Å². The van der Waals surface area contributed by atoms with Crippen LogP contribution < -0.4 is 5.32 Å². The van der Waals surface area contributed by atoms with Gasteiger partial charge < -0.3 is 5.32 Å². The van der Waals surface area contributed by atoms with Crippen LogP contribution in [0.1, 0.15) is 67.7 Å². The third-order valence-corrected chi connectivity index (χ3v) is 1.23. The fourth-order valence-electron chi connectivity index (χ4n) is 0.378. The highest BCUT2D eigenvalue weighted by Crippen LogP contribution is 2.14. The first-order valence-electron chi connectivity index (χ1n) is 6.46. The van der Waals surface area contributed by atoms with Crippen molar-refractivity contribution in [3.63, 3.8) is 0 Å². The van der Waals surface area contributed by atoms with Crippen LogP contribution in [0.3, 0.4) is 0 Å². The smallest absolute Gasteiger partial charge is 0.222 e. The first kappa shape index (κ1) is 20.0. The van der Waals surface area contributed by atoms with Gasteiger partial charge >= 0.3 is 0 Å². The molecule has 2 heteroatoms. The molecule has 1 N–H and O–H groups in total. The van der Waals surface area contributed by atoms with Gasteiger partial charge in [0.2, 0.25) is 5.91 Å². The summed E-state index contributed by atoms with van der Waals surface area (Å²) in [5.41, 5.74) is 0. The molecule has 0 aliphatic heterocycles. The largest absolute Gasteiger partial charge is 0.356 e. The van der Waals surface area contributed by atoms with Crippen molar-refractivity contribution >= 4 is 5.91 Å². The summed E-state index contributed by atoms with van der Waals surface area (Å²) in [7, 11) is 0. The first-order chi connectivity index (χ1) is 7.18. The lowest BCUT2D eigenvalue weighted by molar-refractivity contribution is -0.123. The second-order valence-corrected chi connectivity index (χ2v) is 3.11. The number of hydrogen-bond acceptors (Lipinski definition) is 1. The van der Waals surface area contributed by atoms with E-state index in [1.165, 1.54) is 19.3 Å². The van der Waals surface area contributed by atoms with Crippen molar-refractivity contribution in [2.75, 3.05) is 6.54 Å². The Morgan fingerprint density at radius 1 is 1.07 bits per heavy atom. The van der Waals surface area contributed by atoms with E-state index in [-0.39, 0.29) is 11.8 Å². The molecule has 1 rings (SSSR count). The molecular formula is C13H31NO. The highest BCUT2D eigenvalue weighted by molar-refractivity contribution is 5.77. The summed E-state index contributed by atoms with van der Waals surface area (Å²) >= 11 is 0. The molecule has 0 bridgehead atoms. The molecule has 0 radical (unpaired) electrons. The number of nitrogens with one attached hydrogen (secondary N) is 1. The summed E-state index contributed by atoms with van der Waals surface area (Å²) in [6, 6.07) is 0. The van der Waals surface area contributed by atoms with E-state index in [9.17, 15) is 4.79 Å². The minimum atomic E-state index is 0.120. The topological polar surface area (TPSA) is 29.1 Å². The van der Waals surface area contributed by atoms with Gasteiger partial charge in [0.15, 0.2) is 0 Å². The number of carbonyl (C=O) groups excluding carboxylic acids is 1. The lowest BCUT2D eigenvalue weighted by Gasteiger charge is -2.02. The van der Waals surface area contributed by atoms with Crippen LogP contribution in [0.25, 0.3) is 0 Å². The highest BCUT2D eigenvalue weighted by atomic mass is 16.1. The van der Waals surface area contributed by atoms with Crippen LogP contribution in [0.4, 0.5) is 0 Å². The molecule has 0 saturated heterocycles. The van der Waals surface area contributed by atoms with Gasteiger partial charge in [-0.25, -0.2) is 0 Å². The molecule has 0 unspecified atom stereocenters. The van der Waals surface area contributed by atoms with E-state index in [2.05, 4.69) is 5.32 Å². The Labute approximate surface area is 96.8 Å². The fourth-order valence-corrected chi connectivity index (χ4v) is 0.378. The molecule has 0 aromatic heterocycles. The van der Waals surface area contributed by atoms with E-state index >= 15 is 0 Å². The second kappa shape index (κ2) is 19.1. The Morgan fingerprint density at radius 3 is 1.47 bits per heavy atom. The van der Waals surface area contributed by atoms with E-state index in [1.54, 1.807) is 0 Å². The maximum Gasteiger partial charge on any atom is 0.222 e. The molecule has 94 valence electrons. The number of rotatable bonds is 2. The molecule has 0 aromatic rings. The van der Waals surface area contributed by atoms with Crippen LogP contribution in [0, 0.1) is 5.92 Å². The van der Waals surface area contributed by atoms with Gasteiger partial charge in [-0.05, 0) is 6.92 Å². The standard InChI is InChI=1S/C6H13NO.C3H6.2C2H6/c1-4-7-6(8)5(2)3;1-2-3-1;2*1-2/h5H,4H2,1-3H3,(H,7,8);1-3H2;2*1-2H3. The molecule has 15 heavy (non-hydrogen) atoms. The monoisotopic (exact) mass is 217 g/mol. The predicted octanol–water partition coefficient (Wildman–Crippen LogP) is 4.00. The van der Waals surface area contributed by atoms with E-state index in [4.69, 9.17) is 0 Å². The molecule has 1 aliphatic carbocycles. The molecule has 0 spiro atoms. The number of hydrogen-bond donors (Lipinski definition) is 1. The molecular weight excluding hydrogens is 186 g/mol. The summed E-state index contributed by atoms with van der Waals surface area (Å²) < 4.78 is 0. The third-order valence-electron chi connectivity index (χ3n) is 1.23. The van der Waals surface area contributed by atoms with Gasteiger partial charge in [0, 0.05) is 12.5 Å². The zero-order chi connectivity index (χ0) is 12.7.